The van der Waals surface area contributed by atoms with Crippen molar-refractivity contribution in [3.8, 4) is 5.69 Å². The quantitative estimate of drug-likeness (QED) is 0.328. The Morgan fingerprint density at radius 3 is 2.30 bits per heavy atom. The van der Waals surface area contributed by atoms with E-state index in [9.17, 15) is 19.2 Å². The average Bonchev–Trinajstić information content (AvgIpc) is 3.32. The topological polar surface area (TPSA) is 123 Å². The van der Waals surface area contributed by atoms with Crippen LogP contribution in [0.2, 0.25) is 4.34 Å². The summed E-state index contributed by atoms with van der Waals surface area (Å²) >= 11 is 7.02. The molecule has 0 spiro atoms. The fourth-order valence-electron chi connectivity index (χ4n) is 3.84. The fourth-order valence-corrected chi connectivity index (χ4v) is 4.78. The summed E-state index contributed by atoms with van der Waals surface area (Å²) < 4.78 is 1.89. The lowest BCUT2D eigenvalue weighted by molar-refractivity contribution is -0.123. The number of amides is 3. The third kappa shape index (κ3) is 5.32. The van der Waals surface area contributed by atoms with Crippen LogP contribution in [0.15, 0.2) is 83.8 Å². The lowest BCUT2D eigenvalue weighted by Crippen LogP contribution is -2.53. The van der Waals surface area contributed by atoms with Crippen molar-refractivity contribution in [3.05, 3.63) is 115 Å². The minimum absolute atomic E-state index is 0.193. The van der Waals surface area contributed by atoms with Crippen molar-refractivity contribution in [2.75, 3.05) is 5.32 Å². The Morgan fingerprint density at radius 2 is 1.68 bits per heavy atom. The summed E-state index contributed by atoms with van der Waals surface area (Å²) in [7, 11) is 0. The van der Waals surface area contributed by atoms with Gasteiger partial charge in [-0.2, -0.15) is 0 Å². The summed E-state index contributed by atoms with van der Waals surface area (Å²) in [6, 6.07) is 19.6. The van der Waals surface area contributed by atoms with E-state index in [1.54, 1.807) is 79.9 Å². The van der Waals surface area contributed by atoms with E-state index < -0.39 is 23.3 Å². The second-order valence-corrected chi connectivity index (χ2v) is 10.2. The number of rotatable bonds is 7. The van der Waals surface area contributed by atoms with Gasteiger partial charge in [0.15, 0.2) is 0 Å². The lowest BCUT2D eigenvalue weighted by Gasteiger charge is -2.30. The number of hydrogen-bond acceptors (Lipinski definition) is 5. The molecule has 0 fully saturated rings. The van der Waals surface area contributed by atoms with Crippen LogP contribution < -0.4 is 21.9 Å². The Labute approximate surface area is 221 Å². The third-order valence-corrected chi connectivity index (χ3v) is 7.16. The highest BCUT2D eigenvalue weighted by Crippen LogP contribution is 2.32. The van der Waals surface area contributed by atoms with E-state index in [-0.39, 0.29) is 5.56 Å². The van der Waals surface area contributed by atoms with Gasteiger partial charge in [-0.1, -0.05) is 35.9 Å². The maximum absolute atomic E-state index is 13.2. The van der Waals surface area contributed by atoms with Gasteiger partial charge in [-0.15, -0.1) is 11.3 Å². The van der Waals surface area contributed by atoms with E-state index in [1.165, 1.54) is 17.6 Å². The standard InChI is InChI=1S/C27H23ClN4O4S/c1-16-6-5-7-19(27(2,26(29)36)31-25(35)20-13-14-21(28)37-20)23(16)30-24(34)17-9-11-18(12-10-17)32-15-4-3-8-22(32)33/h3-15H,1-2H3,(H2,29,36)(H,30,34)(H,31,35). The van der Waals surface area contributed by atoms with Gasteiger partial charge >= 0.3 is 0 Å². The van der Waals surface area contributed by atoms with Gasteiger partial charge in [0.05, 0.1) is 14.9 Å². The number of nitrogens with one attached hydrogen (secondary N) is 2. The molecule has 8 nitrogen and oxygen atoms in total. The highest BCUT2D eigenvalue weighted by atomic mass is 35.5. The molecule has 10 heteroatoms. The van der Waals surface area contributed by atoms with Crippen molar-refractivity contribution >= 4 is 46.3 Å². The van der Waals surface area contributed by atoms with Crippen molar-refractivity contribution in [3.63, 3.8) is 0 Å². The maximum Gasteiger partial charge on any atom is 0.262 e. The molecule has 0 aliphatic carbocycles. The van der Waals surface area contributed by atoms with Crippen LogP contribution in [0.25, 0.3) is 5.69 Å². The van der Waals surface area contributed by atoms with E-state index in [0.29, 0.717) is 37.3 Å². The predicted octanol–water partition coefficient (Wildman–Crippen LogP) is 4.24. The number of aromatic nitrogens is 1. The Bertz CT molecular complexity index is 1560. The lowest BCUT2D eigenvalue weighted by atomic mass is 9.87. The number of pyridine rings is 1. The fraction of sp³-hybridized carbons (Fsp3) is 0.111. The van der Waals surface area contributed by atoms with E-state index in [1.807, 2.05) is 0 Å². The van der Waals surface area contributed by atoms with Crippen LogP contribution in [-0.2, 0) is 10.3 Å². The van der Waals surface area contributed by atoms with Crippen LogP contribution in [0.1, 0.15) is 38.1 Å². The second kappa shape index (κ2) is 10.4. The molecule has 2 aromatic heterocycles. The average molecular weight is 535 g/mol. The summed E-state index contributed by atoms with van der Waals surface area (Å²) in [4.78, 5) is 51.1. The van der Waals surface area contributed by atoms with Crippen molar-refractivity contribution in [2.45, 2.75) is 19.4 Å². The van der Waals surface area contributed by atoms with Crippen LogP contribution in [-0.4, -0.2) is 22.3 Å². The molecule has 0 saturated heterocycles. The van der Waals surface area contributed by atoms with Gasteiger partial charge in [0.25, 0.3) is 17.4 Å². The van der Waals surface area contributed by atoms with E-state index in [2.05, 4.69) is 10.6 Å². The number of aryl methyl sites for hydroxylation is 1. The zero-order chi connectivity index (χ0) is 26.7. The molecule has 1 unspecified atom stereocenters. The molecule has 3 amide bonds. The summed E-state index contributed by atoms with van der Waals surface area (Å²) in [5, 5.41) is 5.56. The SMILES string of the molecule is Cc1cccc(C(C)(NC(=O)c2ccc(Cl)s2)C(N)=O)c1NC(=O)c1ccc(-n2ccccc2=O)cc1. The predicted molar refractivity (Wildman–Crippen MR) is 145 cm³/mol. The molecular formula is C27H23ClN4O4S. The van der Waals surface area contributed by atoms with Gasteiger partial charge in [0.2, 0.25) is 5.91 Å². The van der Waals surface area contributed by atoms with Gasteiger partial charge in [-0.05, 0) is 61.9 Å². The Morgan fingerprint density at radius 1 is 0.946 bits per heavy atom. The maximum atomic E-state index is 13.2. The summed E-state index contributed by atoms with van der Waals surface area (Å²) in [5.41, 5.74) is 6.22. The number of nitrogens with two attached hydrogens (primary N) is 1. The molecule has 1 atom stereocenters. The van der Waals surface area contributed by atoms with Gasteiger partial charge in [0, 0.05) is 29.1 Å². The minimum atomic E-state index is -1.64. The molecule has 0 aliphatic heterocycles. The van der Waals surface area contributed by atoms with Crippen molar-refractivity contribution in [1.82, 2.24) is 9.88 Å². The molecular weight excluding hydrogens is 512 g/mol. The molecule has 37 heavy (non-hydrogen) atoms. The minimum Gasteiger partial charge on any atom is -0.367 e. The van der Waals surface area contributed by atoms with E-state index in [0.717, 1.165) is 11.3 Å². The molecule has 0 aliphatic rings. The molecule has 188 valence electrons. The zero-order valence-corrected chi connectivity index (χ0v) is 21.5. The first-order valence-corrected chi connectivity index (χ1v) is 12.4. The van der Waals surface area contributed by atoms with Crippen molar-refractivity contribution < 1.29 is 14.4 Å². The van der Waals surface area contributed by atoms with Crippen LogP contribution in [0.5, 0.6) is 0 Å². The summed E-state index contributed by atoms with van der Waals surface area (Å²) in [6.07, 6.45) is 1.64. The van der Waals surface area contributed by atoms with Crippen molar-refractivity contribution in [2.24, 2.45) is 5.73 Å². The number of nitrogens with zero attached hydrogens (tertiary/aromatic N) is 1. The smallest absolute Gasteiger partial charge is 0.262 e. The first-order chi connectivity index (χ1) is 17.6. The second-order valence-electron chi connectivity index (χ2n) is 8.45. The molecule has 0 radical (unpaired) electrons. The van der Waals surface area contributed by atoms with E-state index >= 15 is 0 Å². The Hall–Kier alpha value is -4.21. The number of carbonyl (C=O) groups excluding carboxylic acids is 3. The van der Waals surface area contributed by atoms with E-state index in [4.69, 9.17) is 17.3 Å². The molecule has 0 bridgehead atoms. The van der Waals surface area contributed by atoms with Crippen molar-refractivity contribution in [1.29, 1.82) is 0 Å². The summed E-state index contributed by atoms with van der Waals surface area (Å²) in [6.45, 7) is 3.26. The Balaban J connectivity index is 1.65. The first-order valence-electron chi connectivity index (χ1n) is 11.2. The number of para-hydroxylation sites is 1. The van der Waals surface area contributed by atoms with Crippen LogP contribution >= 0.6 is 22.9 Å². The monoisotopic (exact) mass is 534 g/mol. The first kappa shape index (κ1) is 25.9. The van der Waals surface area contributed by atoms with Crippen LogP contribution in [0, 0.1) is 6.92 Å². The normalized spacial score (nSPS) is 12.4. The third-order valence-electron chi connectivity index (χ3n) is 5.93. The van der Waals surface area contributed by atoms with Crippen LogP contribution in [0.4, 0.5) is 5.69 Å². The highest BCUT2D eigenvalue weighted by Gasteiger charge is 2.38. The number of thiophene rings is 1. The Kier molecular flexibility index (Phi) is 7.28. The number of primary amides is 1. The largest absolute Gasteiger partial charge is 0.367 e. The summed E-state index contributed by atoms with van der Waals surface area (Å²) in [5.74, 6) is -1.77. The van der Waals surface area contributed by atoms with Gasteiger partial charge < -0.3 is 16.4 Å². The molecule has 0 saturated carbocycles. The van der Waals surface area contributed by atoms with Gasteiger partial charge in [-0.3, -0.25) is 23.7 Å². The molecule has 4 N–H and O–H groups in total. The molecule has 4 rings (SSSR count). The number of anilines is 1. The number of benzene rings is 2. The van der Waals surface area contributed by atoms with Crippen LogP contribution in [0.3, 0.4) is 0 Å². The molecule has 2 heterocycles. The number of carbonyl (C=O) groups is 3. The number of halogens is 1. The highest BCUT2D eigenvalue weighted by molar-refractivity contribution is 7.18. The van der Waals surface area contributed by atoms with Gasteiger partial charge in [-0.25, -0.2) is 0 Å². The zero-order valence-electron chi connectivity index (χ0n) is 19.9. The number of hydrogen-bond donors (Lipinski definition) is 3. The molecule has 4 aromatic rings. The molecule has 2 aromatic carbocycles. The van der Waals surface area contributed by atoms with Gasteiger partial charge in [0.1, 0.15) is 5.54 Å².